The number of ketones is 1. The first kappa shape index (κ1) is 23.7. The molecule has 1 aliphatic heterocycles. The molecule has 6 nitrogen and oxygen atoms in total. The van der Waals surface area contributed by atoms with Gasteiger partial charge in [0.15, 0.2) is 0 Å². The van der Waals surface area contributed by atoms with Gasteiger partial charge in [-0.15, -0.1) is 11.3 Å². The largest absolute Gasteiger partial charge is 0.465 e. The third-order valence-corrected chi connectivity index (χ3v) is 8.42. The van der Waals surface area contributed by atoms with Gasteiger partial charge in [-0.1, -0.05) is 18.2 Å². The number of carbonyl (C=O) groups is 3. The van der Waals surface area contributed by atoms with Crippen molar-refractivity contribution in [2.75, 3.05) is 7.11 Å². The third kappa shape index (κ3) is 4.61. The topological polar surface area (TPSA) is 82.0 Å². The standard InChI is InChI=1S/C28H29NO5S/c1-16-24(28(32)34-20-6-3-4-7-20)25(17-9-11-18(12-10-17)27(31)33-2)26-21(29-16)14-19(15-22(26)30)23-8-5-13-35-23/h5,8-13,19-20,25-26H,3-4,6-7,14-15H2,1-2H3/t19-,25-,26-/m1/s1. The van der Waals surface area contributed by atoms with Gasteiger partial charge < -0.3 is 9.47 Å². The second-order valence-electron chi connectivity index (χ2n) is 9.57. The van der Waals surface area contributed by atoms with Gasteiger partial charge in [0.05, 0.1) is 24.2 Å². The summed E-state index contributed by atoms with van der Waals surface area (Å²) < 4.78 is 10.7. The predicted molar refractivity (Wildman–Crippen MR) is 134 cm³/mol. The fourth-order valence-electron chi connectivity index (χ4n) is 5.69. The Kier molecular flexibility index (Phi) is 6.69. The molecule has 0 N–H and O–H groups in total. The van der Waals surface area contributed by atoms with Crippen LogP contribution in [0.15, 0.2) is 58.0 Å². The molecule has 3 aliphatic rings. The van der Waals surface area contributed by atoms with Crippen LogP contribution in [0.5, 0.6) is 0 Å². The van der Waals surface area contributed by atoms with E-state index < -0.39 is 17.8 Å². The van der Waals surface area contributed by atoms with Crippen LogP contribution >= 0.6 is 11.3 Å². The van der Waals surface area contributed by atoms with E-state index in [0.29, 0.717) is 29.7 Å². The quantitative estimate of drug-likeness (QED) is 0.509. The number of fused-ring (bicyclic) bond motifs is 1. The molecule has 1 aromatic heterocycles. The summed E-state index contributed by atoms with van der Waals surface area (Å²) in [5.74, 6) is -1.60. The van der Waals surface area contributed by atoms with Crippen LogP contribution in [0, 0.1) is 5.92 Å². The van der Waals surface area contributed by atoms with Crippen LogP contribution in [0.4, 0.5) is 0 Å². The first-order chi connectivity index (χ1) is 17.0. The molecule has 182 valence electrons. The van der Waals surface area contributed by atoms with Crippen molar-refractivity contribution in [3.63, 3.8) is 0 Å². The number of carbonyl (C=O) groups excluding carboxylic acids is 3. The lowest BCUT2D eigenvalue weighted by Gasteiger charge is -2.38. The monoisotopic (exact) mass is 491 g/mol. The maximum Gasteiger partial charge on any atom is 0.337 e. The lowest BCUT2D eigenvalue weighted by molar-refractivity contribution is -0.144. The molecule has 7 heteroatoms. The second kappa shape index (κ2) is 9.90. The number of esters is 2. The van der Waals surface area contributed by atoms with E-state index in [0.717, 1.165) is 37.0 Å². The molecule has 1 aromatic carbocycles. The van der Waals surface area contributed by atoms with Crippen LogP contribution in [0.1, 0.15) is 78.1 Å². The van der Waals surface area contributed by atoms with E-state index in [2.05, 4.69) is 6.07 Å². The minimum Gasteiger partial charge on any atom is -0.465 e. The SMILES string of the molecule is COC(=O)c1ccc([C@@H]2C(C(=O)OC3CCCC3)=C(C)N=C3C[C@@H](c4cccs4)CC(=O)[C@@H]32)cc1. The molecule has 2 fully saturated rings. The van der Waals surface area contributed by atoms with Gasteiger partial charge in [0.2, 0.25) is 0 Å². The number of nitrogens with zero attached hydrogens (tertiary/aromatic N) is 1. The van der Waals surface area contributed by atoms with Gasteiger partial charge >= 0.3 is 11.9 Å². The summed E-state index contributed by atoms with van der Waals surface area (Å²) in [6.45, 7) is 1.84. The molecular formula is C28H29NO5S. The number of hydrogen-bond donors (Lipinski definition) is 0. The van der Waals surface area contributed by atoms with Crippen molar-refractivity contribution < 1.29 is 23.9 Å². The van der Waals surface area contributed by atoms with Crippen LogP contribution in [0.2, 0.25) is 0 Å². The Morgan fingerprint density at radius 3 is 2.40 bits per heavy atom. The Labute approximate surface area is 209 Å². The molecule has 2 heterocycles. The Morgan fingerprint density at radius 1 is 1.00 bits per heavy atom. The summed E-state index contributed by atoms with van der Waals surface area (Å²) in [4.78, 5) is 45.1. The Morgan fingerprint density at radius 2 is 1.74 bits per heavy atom. The smallest absolute Gasteiger partial charge is 0.337 e. The number of methoxy groups -OCH3 is 1. The zero-order chi connectivity index (χ0) is 24.5. The first-order valence-electron chi connectivity index (χ1n) is 12.2. The highest BCUT2D eigenvalue weighted by atomic mass is 32.1. The predicted octanol–water partition coefficient (Wildman–Crippen LogP) is 5.60. The summed E-state index contributed by atoms with van der Waals surface area (Å²) in [5.41, 5.74) is 3.12. The van der Waals surface area contributed by atoms with E-state index in [-0.39, 0.29) is 23.8 Å². The van der Waals surface area contributed by atoms with Crippen LogP contribution in [0.25, 0.3) is 0 Å². The summed E-state index contributed by atoms with van der Waals surface area (Å²) in [7, 11) is 1.34. The van der Waals surface area contributed by atoms with Gasteiger partial charge in [0, 0.05) is 34.5 Å². The molecule has 2 aromatic rings. The van der Waals surface area contributed by atoms with Crippen molar-refractivity contribution in [2.24, 2.45) is 10.9 Å². The molecule has 5 rings (SSSR count). The van der Waals surface area contributed by atoms with Crippen molar-refractivity contribution >= 4 is 34.8 Å². The molecule has 2 aliphatic carbocycles. The minimum absolute atomic E-state index is 0.0826. The first-order valence-corrected chi connectivity index (χ1v) is 13.1. The van der Waals surface area contributed by atoms with Crippen LogP contribution in [-0.4, -0.2) is 36.6 Å². The second-order valence-corrected chi connectivity index (χ2v) is 10.5. The van der Waals surface area contributed by atoms with Crippen LogP contribution in [0.3, 0.4) is 0 Å². The zero-order valence-corrected chi connectivity index (χ0v) is 20.8. The maximum absolute atomic E-state index is 13.6. The highest BCUT2D eigenvalue weighted by Crippen LogP contribution is 2.46. The molecular weight excluding hydrogens is 462 g/mol. The van der Waals surface area contributed by atoms with Crippen molar-refractivity contribution in [1.82, 2.24) is 0 Å². The maximum atomic E-state index is 13.6. The van der Waals surface area contributed by atoms with Crippen molar-refractivity contribution in [3.05, 3.63) is 69.1 Å². The van der Waals surface area contributed by atoms with E-state index >= 15 is 0 Å². The lowest BCUT2D eigenvalue weighted by atomic mass is 9.67. The number of ether oxygens (including phenoxy) is 2. The van der Waals surface area contributed by atoms with Crippen molar-refractivity contribution in [2.45, 2.75) is 63.4 Å². The molecule has 0 bridgehead atoms. The molecule has 0 unspecified atom stereocenters. The number of hydrogen-bond acceptors (Lipinski definition) is 7. The number of allylic oxidation sites excluding steroid dienone is 1. The van der Waals surface area contributed by atoms with Gasteiger partial charge in [0.25, 0.3) is 0 Å². The number of rotatable bonds is 5. The summed E-state index contributed by atoms with van der Waals surface area (Å²) in [5, 5.41) is 2.03. The summed E-state index contributed by atoms with van der Waals surface area (Å²) in [6, 6.07) is 11.1. The average molecular weight is 492 g/mol. The fourth-order valence-corrected chi connectivity index (χ4v) is 6.52. The highest BCUT2D eigenvalue weighted by molar-refractivity contribution is 7.10. The highest BCUT2D eigenvalue weighted by Gasteiger charge is 2.46. The number of thiophene rings is 1. The molecule has 2 saturated carbocycles. The van der Waals surface area contributed by atoms with E-state index in [9.17, 15) is 14.4 Å². The van der Waals surface area contributed by atoms with Gasteiger partial charge in [-0.3, -0.25) is 9.79 Å². The average Bonchev–Trinajstić information content (AvgIpc) is 3.57. The number of benzene rings is 1. The Balaban J connectivity index is 1.54. The number of aliphatic imine (C=N–C) groups is 1. The van der Waals surface area contributed by atoms with E-state index in [1.165, 1.54) is 12.0 Å². The lowest BCUT2D eigenvalue weighted by Crippen LogP contribution is -2.41. The molecule has 3 atom stereocenters. The van der Waals surface area contributed by atoms with E-state index in [4.69, 9.17) is 14.5 Å². The zero-order valence-electron chi connectivity index (χ0n) is 20.0. The molecule has 0 amide bonds. The van der Waals surface area contributed by atoms with Crippen molar-refractivity contribution in [1.29, 1.82) is 0 Å². The summed E-state index contributed by atoms with van der Waals surface area (Å²) in [6.07, 6.45) is 4.89. The molecule has 0 radical (unpaired) electrons. The van der Waals surface area contributed by atoms with Gasteiger partial charge in [-0.05, 0) is 68.2 Å². The van der Waals surface area contributed by atoms with Crippen LogP contribution < -0.4 is 0 Å². The van der Waals surface area contributed by atoms with Gasteiger partial charge in [-0.25, -0.2) is 9.59 Å². The van der Waals surface area contributed by atoms with Gasteiger partial charge in [0.1, 0.15) is 11.9 Å². The third-order valence-electron chi connectivity index (χ3n) is 7.39. The van der Waals surface area contributed by atoms with Gasteiger partial charge in [-0.2, -0.15) is 0 Å². The summed E-state index contributed by atoms with van der Waals surface area (Å²) >= 11 is 1.66. The minimum atomic E-state index is -0.509. The number of Topliss-reactive ketones (excluding diaryl/α,β-unsaturated/α-hetero) is 1. The normalized spacial score (nSPS) is 24.7. The Hall–Kier alpha value is -3.06. The molecule has 0 saturated heterocycles. The molecule has 35 heavy (non-hydrogen) atoms. The molecule has 0 spiro atoms. The van der Waals surface area contributed by atoms with Crippen LogP contribution in [-0.2, 0) is 19.1 Å². The fraction of sp³-hybridized carbons (Fsp3) is 0.429. The Bertz CT molecular complexity index is 1190. The van der Waals surface area contributed by atoms with Crippen molar-refractivity contribution in [3.8, 4) is 0 Å². The van der Waals surface area contributed by atoms with E-state index in [1.807, 2.05) is 30.5 Å². The van der Waals surface area contributed by atoms with E-state index in [1.54, 1.807) is 23.5 Å².